The highest BCUT2D eigenvalue weighted by molar-refractivity contribution is 7.92. The first-order chi connectivity index (χ1) is 14.3. The second-order valence-electron chi connectivity index (χ2n) is 7.31. The third kappa shape index (κ3) is 6.70. The molecule has 0 aromatic heterocycles. The number of sulfone groups is 1. The van der Waals surface area contributed by atoms with E-state index in [2.05, 4.69) is 5.32 Å². The van der Waals surface area contributed by atoms with Gasteiger partial charge in [-0.05, 0) is 55.3 Å². The van der Waals surface area contributed by atoms with Crippen molar-refractivity contribution in [2.24, 2.45) is 0 Å². The van der Waals surface area contributed by atoms with Crippen LogP contribution in [0.25, 0.3) is 0 Å². The third-order valence-corrected chi connectivity index (χ3v) is 7.14. The lowest BCUT2D eigenvalue weighted by molar-refractivity contribution is -0.128. The van der Waals surface area contributed by atoms with E-state index in [4.69, 9.17) is 4.74 Å². The molecule has 0 fully saturated rings. The fraction of sp³-hybridized carbons (Fsp3) is 0.381. The zero-order valence-corrected chi connectivity index (χ0v) is 19.8. The minimum atomic E-state index is -3.37. The van der Waals surface area contributed by atoms with Gasteiger partial charge >= 0.3 is 0 Å². The van der Waals surface area contributed by atoms with Crippen LogP contribution in [0.15, 0.2) is 53.4 Å². The highest BCUT2D eigenvalue weighted by atomic mass is 32.2. The van der Waals surface area contributed by atoms with Crippen molar-refractivity contribution in [2.45, 2.75) is 37.3 Å². The SMILES string of the molecule is CC[C@H](Oc1ccc(N(C)S(C)(=O)=O)cc1)C(=O)N[C@H](C)c1ccc(S(C)(=O)=O)cc1. The van der Waals surface area contributed by atoms with Gasteiger partial charge < -0.3 is 10.1 Å². The summed E-state index contributed by atoms with van der Waals surface area (Å²) in [4.78, 5) is 12.9. The van der Waals surface area contributed by atoms with Crippen molar-refractivity contribution < 1.29 is 26.4 Å². The van der Waals surface area contributed by atoms with Crippen LogP contribution in [0.3, 0.4) is 0 Å². The topological polar surface area (TPSA) is 110 Å². The van der Waals surface area contributed by atoms with Gasteiger partial charge in [0.25, 0.3) is 5.91 Å². The summed E-state index contributed by atoms with van der Waals surface area (Å²) in [5, 5.41) is 2.87. The molecule has 0 heterocycles. The number of nitrogens with zero attached hydrogens (tertiary/aromatic N) is 1. The van der Waals surface area contributed by atoms with Crippen LogP contribution in [0, 0.1) is 0 Å². The number of amides is 1. The van der Waals surface area contributed by atoms with E-state index in [9.17, 15) is 21.6 Å². The van der Waals surface area contributed by atoms with Crippen molar-refractivity contribution in [3.8, 4) is 5.75 Å². The molecule has 2 aromatic rings. The molecule has 31 heavy (non-hydrogen) atoms. The average molecular weight is 469 g/mol. The summed E-state index contributed by atoms with van der Waals surface area (Å²) < 4.78 is 53.4. The lowest BCUT2D eigenvalue weighted by atomic mass is 10.1. The van der Waals surface area contributed by atoms with E-state index in [1.54, 1.807) is 43.3 Å². The molecule has 0 aliphatic carbocycles. The normalized spacial score (nSPS) is 13.8. The molecule has 0 aliphatic heterocycles. The summed E-state index contributed by atoms with van der Waals surface area (Å²) in [6.45, 7) is 3.62. The maximum atomic E-state index is 12.7. The highest BCUT2D eigenvalue weighted by Crippen LogP contribution is 2.22. The van der Waals surface area contributed by atoms with E-state index in [1.165, 1.54) is 19.2 Å². The summed E-state index contributed by atoms with van der Waals surface area (Å²) in [5.41, 5.74) is 1.25. The van der Waals surface area contributed by atoms with E-state index in [1.807, 2.05) is 6.92 Å². The second-order valence-corrected chi connectivity index (χ2v) is 11.3. The third-order valence-electron chi connectivity index (χ3n) is 4.81. The minimum Gasteiger partial charge on any atom is -0.481 e. The standard InChI is InChI=1S/C21H28N2O6S2/c1-6-20(29-18-11-9-17(10-12-18)23(3)31(5,27)28)21(24)22-15(2)16-7-13-19(14-8-16)30(4,25)26/h7-15,20H,6H2,1-5H3,(H,22,24)/t15-,20+/m1/s1. The minimum absolute atomic E-state index is 0.217. The van der Waals surface area contributed by atoms with Gasteiger partial charge in [0, 0.05) is 13.3 Å². The van der Waals surface area contributed by atoms with E-state index in [0.717, 1.165) is 22.4 Å². The Morgan fingerprint density at radius 2 is 1.55 bits per heavy atom. The Bertz CT molecular complexity index is 1110. The van der Waals surface area contributed by atoms with Gasteiger partial charge in [-0.2, -0.15) is 0 Å². The summed E-state index contributed by atoms with van der Waals surface area (Å²) >= 11 is 0. The predicted octanol–water partition coefficient (Wildman–Crippen LogP) is 2.52. The van der Waals surface area contributed by atoms with Gasteiger partial charge in [-0.25, -0.2) is 16.8 Å². The van der Waals surface area contributed by atoms with Crippen LogP contribution < -0.4 is 14.4 Å². The van der Waals surface area contributed by atoms with Crippen LogP contribution in [-0.2, 0) is 24.7 Å². The smallest absolute Gasteiger partial charge is 0.261 e. The molecule has 2 aromatic carbocycles. The van der Waals surface area contributed by atoms with Crippen LogP contribution in [0.1, 0.15) is 31.9 Å². The highest BCUT2D eigenvalue weighted by Gasteiger charge is 2.21. The number of benzene rings is 2. The summed E-state index contributed by atoms with van der Waals surface area (Å²) in [6.07, 6.45) is 1.94. The Balaban J connectivity index is 2.04. The molecule has 8 nitrogen and oxygen atoms in total. The molecule has 2 rings (SSSR count). The Morgan fingerprint density at radius 3 is 2.00 bits per heavy atom. The van der Waals surface area contributed by atoms with Crippen molar-refractivity contribution in [1.82, 2.24) is 5.32 Å². The zero-order valence-electron chi connectivity index (χ0n) is 18.2. The number of sulfonamides is 1. The molecule has 2 atom stereocenters. The molecule has 0 saturated carbocycles. The monoisotopic (exact) mass is 468 g/mol. The number of anilines is 1. The molecule has 170 valence electrons. The number of carbonyl (C=O) groups excluding carboxylic acids is 1. The maximum Gasteiger partial charge on any atom is 0.261 e. The largest absolute Gasteiger partial charge is 0.481 e. The van der Waals surface area contributed by atoms with E-state index in [-0.39, 0.29) is 16.8 Å². The van der Waals surface area contributed by atoms with Crippen LogP contribution in [0.4, 0.5) is 5.69 Å². The van der Waals surface area contributed by atoms with Crippen LogP contribution in [0.2, 0.25) is 0 Å². The molecule has 1 N–H and O–H groups in total. The predicted molar refractivity (Wildman–Crippen MR) is 121 cm³/mol. The van der Waals surface area contributed by atoms with Gasteiger partial charge in [0.1, 0.15) is 5.75 Å². The van der Waals surface area contributed by atoms with Crippen molar-refractivity contribution in [1.29, 1.82) is 0 Å². The second kappa shape index (κ2) is 9.69. The fourth-order valence-corrected chi connectivity index (χ4v) is 3.94. The number of ether oxygens (including phenoxy) is 1. The number of hydrogen-bond acceptors (Lipinski definition) is 6. The summed E-state index contributed by atoms with van der Waals surface area (Å²) in [7, 11) is -5.19. The lowest BCUT2D eigenvalue weighted by Crippen LogP contribution is -2.39. The van der Waals surface area contributed by atoms with E-state index in [0.29, 0.717) is 17.9 Å². The first-order valence-electron chi connectivity index (χ1n) is 9.64. The van der Waals surface area contributed by atoms with Gasteiger partial charge in [0.15, 0.2) is 15.9 Å². The van der Waals surface area contributed by atoms with Crippen molar-refractivity contribution in [3.63, 3.8) is 0 Å². The van der Waals surface area contributed by atoms with E-state index < -0.39 is 26.0 Å². The van der Waals surface area contributed by atoms with Crippen molar-refractivity contribution in [2.75, 3.05) is 23.9 Å². The van der Waals surface area contributed by atoms with Gasteiger partial charge in [0.05, 0.1) is 22.9 Å². The van der Waals surface area contributed by atoms with Gasteiger partial charge in [0.2, 0.25) is 10.0 Å². The molecular weight excluding hydrogens is 440 g/mol. The quantitative estimate of drug-likeness (QED) is 0.606. The van der Waals surface area contributed by atoms with Crippen LogP contribution in [-0.4, -0.2) is 48.4 Å². The molecular formula is C21H28N2O6S2. The molecule has 0 unspecified atom stereocenters. The number of carbonyl (C=O) groups is 1. The Morgan fingerprint density at radius 1 is 1.00 bits per heavy atom. The lowest BCUT2D eigenvalue weighted by Gasteiger charge is -2.21. The van der Waals surface area contributed by atoms with Crippen molar-refractivity contribution >= 4 is 31.5 Å². The maximum absolute atomic E-state index is 12.7. The number of nitrogens with one attached hydrogen (secondary N) is 1. The zero-order chi connectivity index (χ0) is 23.4. The Kier molecular flexibility index (Phi) is 7.72. The molecule has 0 spiro atoms. The first kappa shape index (κ1) is 24.7. The van der Waals surface area contributed by atoms with E-state index >= 15 is 0 Å². The van der Waals surface area contributed by atoms with Crippen molar-refractivity contribution in [3.05, 3.63) is 54.1 Å². The van der Waals surface area contributed by atoms with Gasteiger partial charge in [-0.1, -0.05) is 19.1 Å². The Hall–Kier alpha value is -2.59. The summed E-state index contributed by atoms with van der Waals surface area (Å²) in [6, 6.07) is 12.4. The number of hydrogen-bond donors (Lipinski definition) is 1. The summed E-state index contributed by atoms with van der Waals surface area (Å²) in [5.74, 6) is 0.136. The van der Waals surface area contributed by atoms with Crippen LogP contribution >= 0.6 is 0 Å². The molecule has 0 saturated heterocycles. The van der Waals surface area contributed by atoms with Gasteiger partial charge in [-0.3, -0.25) is 9.10 Å². The Labute approximate surface area is 184 Å². The number of rotatable bonds is 9. The molecule has 0 aliphatic rings. The first-order valence-corrected chi connectivity index (χ1v) is 13.4. The van der Waals surface area contributed by atoms with Gasteiger partial charge in [-0.15, -0.1) is 0 Å². The average Bonchev–Trinajstić information content (AvgIpc) is 2.70. The molecule has 1 amide bonds. The van der Waals surface area contributed by atoms with Crippen LogP contribution in [0.5, 0.6) is 5.75 Å². The molecule has 0 radical (unpaired) electrons. The fourth-order valence-electron chi connectivity index (χ4n) is 2.81. The molecule has 0 bridgehead atoms. The molecule has 10 heteroatoms.